The maximum absolute atomic E-state index is 11.9. The third-order valence-electron chi connectivity index (χ3n) is 4.28. The van der Waals surface area contributed by atoms with Gasteiger partial charge in [0.15, 0.2) is 0 Å². The SMILES string of the molecule is CCOC(=O)c1ccc(-c2cc([Si](C)(C)C)oc2-c2ccc(Cl)cc2)cc1. The number of furan rings is 1. The van der Waals surface area contributed by atoms with Crippen molar-refractivity contribution in [2.45, 2.75) is 26.6 Å². The van der Waals surface area contributed by atoms with E-state index < -0.39 is 8.07 Å². The van der Waals surface area contributed by atoms with Gasteiger partial charge in [-0.05, 0) is 55.0 Å². The molecule has 1 aromatic heterocycles. The topological polar surface area (TPSA) is 39.4 Å². The number of hydrogen-bond donors (Lipinski definition) is 0. The number of ether oxygens (including phenoxy) is 1. The molecule has 27 heavy (non-hydrogen) atoms. The van der Waals surface area contributed by atoms with E-state index in [1.807, 2.05) is 36.4 Å². The predicted molar refractivity (Wildman–Crippen MR) is 114 cm³/mol. The zero-order valence-electron chi connectivity index (χ0n) is 16.0. The van der Waals surface area contributed by atoms with Crippen LogP contribution in [0.5, 0.6) is 0 Å². The predicted octanol–water partition coefficient (Wildman–Crippen LogP) is 5.99. The van der Waals surface area contributed by atoms with Crippen LogP contribution < -0.4 is 5.38 Å². The van der Waals surface area contributed by atoms with Gasteiger partial charge >= 0.3 is 5.97 Å². The molecule has 1 heterocycles. The molecular weight excluding hydrogens is 376 g/mol. The summed E-state index contributed by atoms with van der Waals surface area (Å²) >= 11 is 6.04. The lowest BCUT2D eigenvalue weighted by molar-refractivity contribution is 0.0526. The van der Waals surface area contributed by atoms with Crippen molar-refractivity contribution in [2.75, 3.05) is 6.61 Å². The molecule has 140 valence electrons. The van der Waals surface area contributed by atoms with Gasteiger partial charge in [-0.25, -0.2) is 4.79 Å². The molecular formula is C22H23ClO3Si. The Morgan fingerprint density at radius 2 is 1.59 bits per heavy atom. The quantitative estimate of drug-likeness (QED) is 0.391. The number of halogens is 1. The van der Waals surface area contributed by atoms with Crippen molar-refractivity contribution >= 4 is 31.0 Å². The minimum Gasteiger partial charge on any atom is -0.466 e. The van der Waals surface area contributed by atoms with Crippen LogP contribution in [0.2, 0.25) is 24.7 Å². The van der Waals surface area contributed by atoms with Crippen molar-refractivity contribution < 1.29 is 13.9 Å². The van der Waals surface area contributed by atoms with Gasteiger partial charge in [0.25, 0.3) is 0 Å². The monoisotopic (exact) mass is 398 g/mol. The van der Waals surface area contributed by atoms with Crippen LogP contribution in [-0.2, 0) is 4.74 Å². The van der Waals surface area contributed by atoms with Crippen molar-refractivity contribution in [3.05, 3.63) is 65.2 Å². The van der Waals surface area contributed by atoms with Gasteiger partial charge in [0.1, 0.15) is 13.8 Å². The molecule has 0 fully saturated rings. The Morgan fingerprint density at radius 3 is 2.15 bits per heavy atom. The van der Waals surface area contributed by atoms with Gasteiger partial charge in [-0.2, -0.15) is 0 Å². The number of benzene rings is 2. The van der Waals surface area contributed by atoms with Crippen molar-refractivity contribution in [1.82, 2.24) is 0 Å². The van der Waals surface area contributed by atoms with E-state index in [-0.39, 0.29) is 5.97 Å². The third kappa shape index (κ3) is 4.34. The summed E-state index contributed by atoms with van der Waals surface area (Å²) in [6.07, 6.45) is 0. The number of esters is 1. The van der Waals surface area contributed by atoms with Gasteiger partial charge in [-0.15, -0.1) is 0 Å². The molecule has 0 bridgehead atoms. The molecule has 0 radical (unpaired) electrons. The molecule has 0 aliphatic heterocycles. The molecule has 3 aromatic rings. The Bertz CT molecular complexity index is 935. The summed E-state index contributed by atoms with van der Waals surface area (Å²) in [5.41, 5.74) is 3.54. The maximum Gasteiger partial charge on any atom is 0.338 e. The Morgan fingerprint density at radius 1 is 1.00 bits per heavy atom. The van der Waals surface area contributed by atoms with Crippen LogP contribution in [0.3, 0.4) is 0 Å². The number of carbonyl (C=O) groups excluding carboxylic acids is 1. The average molecular weight is 399 g/mol. The van der Waals surface area contributed by atoms with Gasteiger partial charge in [0.2, 0.25) is 0 Å². The lowest BCUT2D eigenvalue weighted by Crippen LogP contribution is -2.36. The highest BCUT2D eigenvalue weighted by molar-refractivity contribution is 6.87. The Hall–Kier alpha value is -2.30. The number of carbonyl (C=O) groups is 1. The summed E-state index contributed by atoms with van der Waals surface area (Å²) in [6, 6.07) is 17.2. The fourth-order valence-electron chi connectivity index (χ4n) is 2.79. The molecule has 0 unspecified atom stereocenters. The number of rotatable bonds is 5. The Balaban J connectivity index is 2.07. The number of hydrogen-bond acceptors (Lipinski definition) is 3. The molecule has 0 N–H and O–H groups in total. The fourth-order valence-corrected chi connectivity index (χ4v) is 3.90. The summed E-state index contributed by atoms with van der Waals surface area (Å²) < 4.78 is 11.4. The summed E-state index contributed by atoms with van der Waals surface area (Å²) in [6.45, 7) is 8.93. The van der Waals surface area contributed by atoms with Gasteiger partial charge in [-0.1, -0.05) is 43.4 Å². The van der Waals surface area contributed by atoms with Gasteiger partial charge in [0.05, 0.1) is 17.6 Å². The van der Waals surface area contributed by atoms with Crippen molar-refractivity contribution in [1.29, 1.82) is 0 Å². The first kappa shape index (κ1) is 19.5. The van der Waals surface area contributed by atoms with E-state index in [1.54, 1.807) is 19.1 Å². The minimum absolute atomic E-state index is 0.308. The van der Waals surface area contributed by atoms with Crippen LogP contribution in [0.4, 0.5) is 0 Å². The van der Waals surface area contributed by atoms with Crippen molar-refractivity contribution in [3.8, 4) is 22.5 Å². The molecule has 0 aliphatic carbocycles. The molecule has 3 nitrogen and oxygen atoms in total. The van der Waals surface area contributed by atoms with Crippen molar-refractivity contribution in [2.24, 2.45) is 0 Å². The second-order valence-electron chi connectivity index (χ2n) is 7.41. The normalized spacial score (nSPS) is 11.4. The Kier molecular flexibility index (Phi) is 5.58. The maximum atomic E-state index is 11.9. The van der Waals surface area contributed by atoms with Crippen LogP contribution in [0, 0.1) is 0 Å². The van der Waals surface area contributed by atoms with Gasteiger partial charge < -0.3 is 9.15 Å². The second kappa shape index (κ2) is 7.75. The first-order chi connectivity index (χ1) is 12.8. The summed E-state index contributed by atoms with van der Waals surface area (Å²) in [4.78, 5) is 11.9. The Labute approximate surface area is 165 Å². The zero-order valence-corrected chi connectivity index (χ0v) is 17.8. The lowest BCUT2D eigenvalue weighted by atomic mass is 10.0. The molecule has 0 aliphatic rings. The van der Waals surface area contributed by atoms with Gasteiger partial charge in [0, 0.05) is 16.1 Å². The first-order valence-corrected chi connectivity index (χ1v) is 12.8. The lowest BCUT2D eigenvalue weighted by Gasteiger charge is -2.11. The smallest absolute Gasteiger partial charge is 0.338 e. The average Bonchev–Trinajstić information content (AvgIpc) is 3.08. The molecule has 5 heteroatoms. The van der Waals surface area contributed by atoms with E-state index in [0.717, 1.165) is 27.8 Å². The zero-order chi connectivity index (χ0) is 19.6. The highest BCUT2D eigenvalue weighted by atomic mass is 35.5. The molecule has 2 aromatic carbocycles. The molecule has 0 atom stereocenters. The largest absolute Gasteiger partial charge is 0.466 e. The summed E-state index contributed by atoms with van der Waals surface area (Å²) in [5, 5.41) is 1.73. The summed E-state index contributed by atoms with van der Waals surface area (Å²) in [7, 11) is -1.63. The first-order valence-electron chi connectivity index (χ1n) is 8.97. The van der Waals surface area contributed by atoms with Crippen LogP contribution in [-0.4, -0.2) is 20.7 Å². The summed E-state index contributed by atoms with van der Waals surface area (Å²) in [5.74, 6) is 0.518. The van der Waals surface area contributed by atoms with E-state index in [2.05, 4.69) is 25.7 Å². The highest BCUT2D eigenvalue weighted by Gasteiger charge is 2.25. The standard InChI is InChI=1S/C22H23ClO3Si/c1-5-25-22(24)17-8-6-15(7-9-17)19-14-20(27(2,3)4)26-21(19)16-10-12-18(23)13-11-16/h6-14H,5H2,1-4H3. The highest BCUT2D eigenvalue weighted by Crippen LogP contribution is 2.34. The van der Waals surface area contributed by atoms with E-state index >= 15 is 0 Å². The third-order valence-corrected chi connectivity index (χ3v) is 6.26. The molecule has 0 saturated heterocycles. The molecule has 3 rings (SSSR count). The van der Waals surface area contributed by atoms with Crippen LogP contribution in [0.15, 0.2) is 59.0 Å². The molecule has 0 spiro atoms. The van der Waals surface area contributed by atoms with E-state index in [0.29, 0.717) is 17.2 Å². The van der Waals surface area contributed by atoms with E-state index in [4.69, 9.17) is 20.8 Å². The van der Waals surface area contributed by atoms with Crippen LogP contribution in [0.1, 0.15) is 17.3 Å². The van der Waals surface area contributed by atoms with E-state index in [9.17, 15) is 4.79 Å². The van der Waals surface area contributed by atoms with Crippen molar-refractivity contribution in [3.63, 3.8) is 0 Å². The van der Waals surface area contributed by atoms with Gasteiger partial charge in [-0.3, -0.25) is 0 Å². The van der Waals surface area contributed by atoms with Crippen LogP contribution in [0.25, 0.3) is 22.5 Å². The second-order valence-corrected chi connectivity index (χ2v) is 12.8. The van der Waals surface area contributed by atoms with E-state index in [1.165, 1.54) is 0 Å². The molecule has 0 saturated carbocycles. The minimum atomic E-state index is -1.63. The fraction of sp³-hybridized carbons (Fsp3) is 0.227. The molecule has 0 amide bonds. The van der Waals surface area contributed by atoms with Crippen LogP contribution >= 0.6 is 11.6 Å².